The molecular formula is C11H14N2O2. The Bertz CT molecular complexity index is 379. The van der Waals surface area contributed by atoms with Gasteiger partial charge in [-0.25, -0.2) is 4.98 Å². The van der Waals surface area contributed by atoms with Gasteiger partial charge in [0, 0.05) is 31.2 Å². The van der Waals surface area contributed by atoms with Gasteiger partial charge in [-0.3, -0.25) is 9.69 Å². The summed E-state index contributed by atoms with van der Waals surface area (Å²) in [6, 6.07) is 5.61. The van der Waals surface area contributed by atoms with E-state index in [0.717, 1.165) is 5.69 Å². The van der Waals surface area contributed by atoms with Crippen molar-refractivity contribution in [1.29, 1.82) is 0 Å². The predicted molar refractivity (Wildman–Crippen MR) is 56.5 cm³/mol. The second-order valence-corrected chi connectivity index (χ2v) is 3.89. The van der Waals surface area contributed by atoms with Crippen molar-refractivity contribution in [3.8, 4) is 0 Å². The van der Waals surface area contributed by atoms with Crippen molar-refractivity contribution in [2.24, 2.45) is 5.92 Å². The van der Waals surface area contributed by atoms with E-state index in [2.05, 4.69) is 4.98 Å². The van der Waals surface area contributed by atoms with Gasteiger partial charge in [0.1, 0.15) is 5.82 Å². The fourth-order valence-electron chi connectivity index (χ4n) is 1.80. The summed E-state index contributed by atoms with van der Waals surface area (Å²) in [6.07, 6.45) is 0.423. The largest absolute Gasteiger partial charge is 0.396 e. The molecule has 1 aromatic heterocycles. The van der Waals surface area contributed by atoms with Crippen LogP contribution in [0, 0.1) is 12.8 Å². The number of rotatable bonds is 2. The molecule has 15 heavy (non-hydrogen) atoms. The van der Waals surface area contributed by atoms with E-state index >= 15 is 0 Å². The number of hydrogen-bond donors (Lipinski definition) is 1. The molecule has 80 valence electrons. The van der Waals surface area contributed by atoms with Crippen molar-refractivity contribution < 1.29 is 9.90 Å². The van der Waals surface area contributed by atoms with E-state index in [9.17, 15) is 4.79 Å². The summed E-state index contributed by atoms with van der Waals surface area (Å²) < 4.78 is 0. The number of amides is 1. The lowest BCUT2D eigenvalue weighted by Crippen LogP contribution is -2.25. The van der Waals surface area contributed by atoms with Crippen LogP contribution in [0.25, 0.3) is 0 Å². The van der Waals surface area contributed by atoms with Gasteiger partial charge in [-0.15, -0.1) is 0 Å². The molecule has 1 aliphatic heterocycles. The molecule has 1 fully saturated rings. The van der Waals surface area contributed by atoms with Gasteiger partial charge in [0.15, 0.2) is 0 Å². The van der Waals surface area contributed by atoms with E-state index in [1.165, 1.54) is 0 Å². The summed E-state index contributed by atoms with van der Waals surface area (Å²) in [4.78, 5) is 17.6. The van der Waals surface area contributed by atoms with Crippen molar-refractivity contribution in [1.82, 2.24) is 4.98 Å². The monoisotopic (exact) mass is 206 g/mol. The summed E-state index contributed by atoms with van der Waals surface area (Å²) in [6.45, 7) is 2.54. The molecule has 0 radical (unpaired) electrons. The molecule has 1 aromatic rings. The highest BCUT2D eigenvalue weighted by molar-refractivity contribution is 5.94. The van der Waals surface area contributed by atoms with E-state index in [1.54, 1.807) is 4.90 Å². The first-order valence-corrected chi connectivity index (χ1v) is 5.05. The summed E-state index contributed by atoms with van der Waals surface area (Å²) in [5.74, 6) is 0.794. The van der Waals surface area contributed by atoms with Crippen LogP contribution in [0.15, 0.2) is 18.2 Å². The molecule has 2 rings (SSSR count). The summed E-state index contributed by atoms with van der Waals surface area (Å²) >= 11 is 0. The average molecular weight is 206 g/mol. The Balaban J connectivity index is 2.21. The average Bonchev–Trinajstić information content (AvgIpc) is 2.60. The van der Waals surface area contributed by atoms with Crippen molar-refractivity contribution >= 4 is 11.7 Å². The normalized spacial score (nSPS) is 21.1. The molecule has 0 aromatic carbocycles. The van der Waals surface area contributed by atoms with Gasteiger partial charge >= 0.3 is 0 Å². The molecule has 1 atom stereocenters. The van der Waals surface area contributed by atoms with Crippen molar-refractivity contribution in [2.75, 3.05) is 18.1 Å². The maximum Gasteiger partial charge on any atom is 0.228 e. The Labute approximate surface area is 88.6 Å². The summed E-state index contributed by atoms with van der Waals surface area (Å²) in [5, 5.41) is 9.00. The number of carbonyl (C=O) groups excluding carboxylic acids is 1. The third kappa shape index (κ3) is 1.99. The first kappa shape index (κ1) is 10.1. The van der Waals surface area contributed by atoms with Crippen LogP contribution in [0.5, 0.6) is 0 Å². The Kier molecular flexibility index (Phi) is 2.68. The number of aryl methyl sites for hydroxylation is 1. The van der Waals surface area contributed by atoms with Gasteiger partial charge in [-0.1, -0.05) is 6.07 Å². The van der Waals surface area contributed by atoms with E-state index in [-0.39, 0.29) is 18.4 Å². The lowest BCUT2D eigenvalue weighted by atomic mass is 10.1. The zero-order valence-corrected chi connectivity index (χ0v) is 8.68. The molecule has 0 spiro atoms. The molecular weight excluding hydrogens is 192 g/mol. The van der Waals surface area contributed by atoms with Gasteiger partial charge < -0.3 is 5.11 Å². The van der Waals surface area contributed by atoms with Crippen LogP contribution < -0.4 is 4.90 Å². The Morgan fingerprint density at radius 2 is 2.40 bits per heavy atom. The highest BCUT2D eigenvalue weighted by Gasteiger charge is 2.30. The fraction of sp³-hybridized carbons (Fsp3) is 0.455. The Morgan fingerprint density at radius 1 is 1.60 bits per heavy atom. The van der Waals surface area contributed by atoms with Crippen molar-refractivity contribution in [3.63, 3.8) is 0 Å². The number of hydrogen-bond acceptors (Lipinski definition) is 3. The molecule has 4 nitrogen and oxygen atoms in total. The highest BCUT2D eigenvalue weighted by atomic mass is 16.3. The third-order valence-electron chi connectivity index (χ3n) is 2.61. The Morgan fingerprint density at radius 3 is 3.00 bits per heavy atom. The third-order valence-corrected chi connectivity index (χ3v) is 2.61. The lowest BCUT2D eigenvalue weighted by molar-refractivity contribution is -0.117. The van der Waals surface area contributed by atoms with Gasteiger partial charge in [0.05, 0.1) is 0 Å². The number of anilines is 1. The smallest absolute Gasteiger partial charge is 0.228 e. The number of pyridine rings is 1. The number of carbonyl (C=O) groups is 1. The van der Waals surface area contributed by atoms with E-state index < -0.39 is 0 Å². The highest BCUT2D eigenvalue weighted by Crippen LogP contribution is 2.22. The number of aliphatic hydroxyl groups excluding tert-OH is 1. The van der Waals surface area contributed by atoms with Crippen LogP contribution in [-0.2, 0) is 4.79 Å². The standard InChI is InChI=1S/C11H14N2O2/c1-8-3-2-4-10(12-8)13-6-9(7-14)5-11(13)15/h2-4,9,14H,5-7H2,1H3. The van der Waals surface area contributed by atoms with Crippen LogP contribution in [0.4, 0.5) is 5.82 Å². The summed E-state index contributed by atoms with van der Waals surface area (Å²) in [7, 11) is 0. The van der Waals surface area contributed by atoms with Crippen LogP contribution in [0.3, 0.4) is 0 Å². The molecule has 0 bridgehead atoms. The molecule has 1 N–H and O–H groups in total. The number of nitrogens with zero attached hydrogens (tertiary/aromatic N) is 2. The van der Waals surface area contributed by atoms with Crippen molar-refractivity contribution in [3.05, 3.63) is 23.9 Å². The molecule has 2 heterocycles. The molecule has 0 aliphatic carbocycles. The molecule has 1 saturated heterocycles. The summed E-state index contributed by atoms with van der Waals surface area (Å²) in [5.41, 5.74) is 0.896. The SMILES string of the molecule is Cc1cccc(N2CC(CO)CC2=O)n1. The van der Waals surface area contributed by atoms with Gasteiger partial charge in [0.25, 0.3) is 0 Å². The van der Waals surface area contributed by atoms with Crippen LogP contribution in [0.1, 0.15) is 12.1 Å². The lowest BCUT2D eigenvalue weighted by Gasteiger charge is -2.15. The maximum atomic E-state index is 11.6. The number of aliphatic hydroxyl groups is 1. The minimum atomic E-state index is 0.0483. The molecule has 1 aliphatic rings. The first-order chi connectivity index (χ1) is 7.20. The molecule has 4 heteroatoms. The Hall–Kier alpha value is -1.42. The van der Waals surface area contributed by atoms with Crippen LogP contribution >= 0.6 is 0 Å². The minimum Gasteiger partial charge on any atom is -0.396 e. The van der Waals surface area contributed by atoms with Gasteiger partial charge in [-0.2, -0.15) is 0 Å². The molecule has 0 saturated carbocycles. The molecule has 1 unspecified atom stereocenters. The minimum absolute atomic E-state index is 0.0483. The zero-order valence-electron chi connectivity index (χ0n) is 8.68. The first-order valence-electron chi connectivity index (χ1n) is 5.05. The molecule has 1 amide bonds. The van der Waals surface area contributed by atoms with Gasteiger partial charge in [-0.05, 0) is 19.1 Å². The second-order valence-electron chi connectivity index (χ2n) is 3.89. The van der Waals surface area contributed by atoms with Crippen LogP contribution in [0.2, 0.25) is 0 Å². The van der Waals surface area contributed by atoms with Crippen LogP contribution in [-0.4, -0.2) is 29.1 Å². The predicted octanol–water partition coefficient (Wildman–Crippen LogP) is 0.735. The number of aromatic nitrogens is 1. The van der Waals surface area contributed by atoms with E-state index in [1.807, 2.05) is 25.1 Å². The van der Waals surface area contributed by atoms with Crippen molar-refractivity contribution in [2.45, 2.75) is 13.3 Å². The zero-order chi connectivity index (χ0) is 10.8. The van der Waals surface area contributed by atoms with E-state index in [4.69, 9.17) is 5.11 Å². The second kappa shape index (κ2) is 3.98. The van der Waals surface area contributed by atoms with E-state index in [0.29, 0.717) is 18.8 Å². The maximum absolute atomic E-state index is 11.6. The quantitative estimate of drug-likeness (QED) is 0.776. The fourth-order valence-corrected chi connectivity index (χ4v) is 1.80. The topological polar surface area (TPSA) is 53.4 Å². The van der Waals surface area contributed by atoms with Gasteiger partial charge in [0.2, 0.25) is 5.91 Å².